The Balaban J connectivity index is 1.77. The van der Waals surface area contributed by atoms with Gasteiger partial charge in [0.1, 0.15) is 12.3 Å². The highest BCUT2D eigenvalue weighted by molar-refractivity contribution is 6.03. The van der Waals surface area contributed by atoms with Gasteiger partial charge in [-0.05, 0) is 43.3 Å². The molecule has 0 fully saturated rings. The molecule has 2 amide bonds. The Morgan fingerprint density at radius 2 is 1.96 bits per heavy atom. The minimum Gasteiger partial charge on any atom is -0.494 e. The molecule has 0 aliphatic rings. The number of fused-ring (bicyclic) bond motifs is 1. The topological polar surface area (TPSA) is 86.3 Å². The molecular weight excluding hydrogens is 318 g/mol. The van der Waals surface area contributed by atoms with Gasteiger partial charge in [0.15, 0.2) is 0 Å². The number of primary amides is 1. The number of rotatable bonds is 6. The predicted octanol–water partition coefficient (Wildman–Crippen LogP) is 2.78. The van der Waals surface area contributed by atoms with Gasteiger partial charge in [0.25, 0.3) is 5.91 Å². The van der Waals surface area contributed by atoms with Gasteiger partial charge in [-0.2, -0.15) is 0 Å². The van der Waals surface area contributed by atoms with E-state index < -0.39 is 5.91 Å². The molecule has 0 aliphatic heterocycles. The summed E-state index contributed by atoms with van der Waals surface area (Å²) in [5, 5.41) is 3.74. The van der Waals surface area contributed by atoms with E-state index in [-0.39, 0.29) is 18.0 Å². The first-order valence-corrected chi connectivity index (χ1v) is 7.99. The van der Waals surface area contributed by atoms with E-state index in [1.165, 1.54) is 0 Å². The van der Waals surface area contributed by atoms with Gasteiger partial charge >= 0.3 is 0 Å². The highest BCUT2D eigenvalue weighted by Crippen LogP contribution is 2.22. The number of amides is 2. The summed E-state index contributed by atoms with van der Waals surface area (Å²) < 4.78 is 7.33. The lowest BCUT2D eigenvalue weighted by Gasteiger charge is -2.10. The number of aromatic nitrogens is 1. The first kappa shape index (κ1) is 16.6. The molecule has 128 valence electrons. The van der Waals surface area contributed by atoms with Crippen LogP contribution in [0.4, 0.5) is 5.69 Å². The van der Waals surface area contributed by atoms with Gasteiger partial charge in [0.05, 0.1) is 17.9 Å². The molecule has 3 aromatic rings. The third-order valence-electron chi connectivity index (χ3n) is 3.83. The summed E-state index contributed by atoms with van der Waals surface area (Å²) in [6.07, 6.45) is 1.85. The van der Waals surface area contributed by atoms with Gasteiger partial charge in [-0.1, -0.05) is 12.1 Å². The number of nitrogens with two attached hydrogens (primary N) is 1. The molecule has 3 rings (SSSR count). The number of para-hydroxylation sites is 1. The number of hydrogen-bond acceptors (Lipinski definition) is 3. The van der Waals surface area contributed by atoms with E-state index in [1.54, 1.807) is 24.3 Å². The maximum Gasteiger partial charge on any atom is 0.250 e. The summed E-state index contributed by atoms with van der Waals surface area (Å²) in [7, 11) is 0. The Morgan fingerprint density at radius 3 is 2.72 bits per heavy atom. The lowest BCUT2D eigenvalue weighted by molar-refractivity contribution is -0.116. The summed E-state index contributed by atoms with van der Waals surface area (Å²) in [6.45, 7) is 2.67. The van der Waals surface area contributed by atoms with Crippen molar-refractivity contribution >= 4 is 28.4 Å². The Bertz CT molecular complexity index is 931. The highest BCUT2D eigenvalue weighted by Gasteiger charge is 2.12. The minimum atomic E-state index is -0.578. The monoisotopic (exact) mass is 337 g/mol. The number of nitrogens with one attached hydrogen (secondary N) is 1. The molecule has 0 saturated carbocycles. The minimum absolute atomic E-state index is 0.130. The van der Waals surface area contributed by atoms with E-state index >= 15 is 0 Å². The zero-order valence-corrected chi connectivity index (χ0v) is 13.9. The van der Waals surface area contributed by atoms with Crippen LogP contribution in [-0.4, -0.2) is 23.0 Å². The van der Waals surface area contributed by atoms with E-state index in [0.29, 0.717) is 12.3 Å². The third-order valence-corrected chi connectivity index (χ3v) is 3.83. The van der Waals surface area contributed by atoms with Crippen molar-refractivity contribution in [2.75, 3.05) is 11.9 Å². The second-order valence-corrected chi connectivity index (χ2v) is 5.56. The van der Waals surface area contributed by atoms with Crippen molar-refractivity contribution in [1.82, 2.24) is 4.57 Å². The molecule has 25 heavy (non-hydrogen) atoms. The number of carbonyl (C=O) groups excluding carboxylic acids is 2. The van der Waals surface area contributed by atoms with Crippen molar-refractivity contribution in [2.24, 2.45) is 5.73 Å². The van der Waals surface area contributed by atoms with E-state index in [9.17, 15) is 9.59 Å². The van der Waals surface area contributed by atoms with Gasteiger partial charge in [-0.25, -0.2) is 0 Å². The number of carbonyl (C=O) groups is 2. The molecule has 0 atom stereocenters. The quantitative estimate of drug-likeness (QED) is 0.725. The van der Waals surface area contributed by atoms with E-state index in [0.717, 1.165) is 16.7 Å². The van der Waals surface area contributed by atoms with Crippen molar-refractivity contribution in [3.8, 4) is 5.75 Å². The first-order chi connectivity index (χ1) is 12.1. The molecule has 0 unspecified atom stereocenters. The summed E-state index contributed by atoms with van der Waals surface area (Å²) in [6, 6.07) is 14.3. The average Bonchev–Trinajstić information content (AvgIpc) is 2.97. The number of benzene rings is 2. The Hall–Kier alpha value is -3.28. The Morgan fingerprint density at radius 1 is 1.16 bits per heavy atom. The van der Waals surface area contributed by atoms with Gasteiger partial charge in [-0.3, -0.25) is 9.59 Å². The predicted molar refractivity (Wildman–Crippen MR) is 96.7 cm³/mol. The number of ether oxygens (including phenoxy) is 1. The molecule has 0 radical (unpaired) electrons. The van der Waals surface area contributed by atoms with Gasteiger partial charge < -0.3 is 20.4 Å². The molecule has 1 heterocycles. The Labute approximate surface area is 145 Å². The molecule has 0 saturated heterocycles. The van der Waals surface area contributed by atoms with E-state index in [1.807, 2.05) is 42.0 Å². The number of anilines is 1. The van der Waals surface area contributed by atoms with Gasteiger partial charge in [0, 0.05) is 17.1 Å². The van der Waals surface area contributed by atoms with Crippen LogP contribution < -0.4 is 15.8 Å². The second-order valence-electron chi connectivity index (χ2n) is 5.56. The molecule has 0 aliphatic carbocycles. The van der Waals surface area contributed by atoms with Crippen LogP contribution >= 0.6 is 0 Å². The zero-order valence-electron chi connectivity index (χ0n) is 13.9. The lowest BCUT2D eigenvalue weighted by Crippen LogP contribution is -2.21. The SMILES string of the molecule is CCOc1ccc2c(ccn2CC(=O)Nc2ccccc2C(N)=O)c1. The summed E-state index contributed by atoms with van der Waals surface area (Å²) in [5.41, 5.74) is 6.96. The van der Waals surface area contributed by atoms with Crippen LogP contribution in [0.5, 0.6) is 5.75 Å². The summed E-state index contributed by atoms with van der Waals surface area (Å²) >= 11 is 0. The van der Waals surface area contributed by atoms with Crippen LogP contribution in [0, 0.1) is 0 Å². The average molecular weight is 337 g/mol. The second kappa shape index (κ2) is 7.09. The van der Waals surface area contributed by atoms with Crippen LogP contribution in [0.15, 0.2) is 54.7 Å². The lowest BCUT2D eigenvalue weighted by atomic mass is 10.1. The third kappa shape index (κ3) is 3.63. The van der Waals surface area contributed by atoms with E-state index in [4.69, 9.17) is 10.5 Å². The zero-order chi connectivity index (χ0) is 17.8. The largest absolute Gasteiger partial charge is 0.494 e. The fraction of sp³-hybridized carbons (Fsp3) is 0.158. The molecule has 0 spiro atoms. The van der Waals surface area contributed by atoms with Crippen molar-refractivity contribution in [3.05, 3.63) is 60.3 Å². The highest BCUT2D eigenvalue weighted by atomic mass is 16.5. The normalized spacial score (nSPS) is 10.6. The number of nitrogens with zero attached hydrogens (tertiary/aromatic N) is 1. The number of hydrogen-bond donors (Lipinski definition) is 2. The van der Waals surface area contributed by atoms with Crippen LogP contribution in [-0.2, 0) is 11.3 Å². The molecule has 6 nitrogen and oxygen atoms in total. The first-order valence-electron chi connectivity index (χ1n) is 7.99. The standard InChI is InChI=1S/C19H19N3O3/c1-2-25-14-7-8-17-13(11-14)9-10-22(17)12-18(23)21-16-6-4-3-5-15(16)19(20)24/h3-11H,2,12H2,1H3,(H2,20,24)(H,21,23). The fourth-order valence-electron chi connectivity index (χ4n) is 2.72. The maximum absolute atomic E-state index is 12.4. The van der Waals surface area contributed by atoms with Crippen LogP contribution in [0.25, 0.3) is 10.9 Å². The van der Waals surface area contributed by atoms with Crippen molar-refractivity contribution in [1.29, 1.82) is 0 Å². The van der Waals surface area contributed by atoms with Crippen LogP contribution in [0.2, 0.25) is 0 Å². The Kier molecular flexibility index (Phi) is 4.70. The smallest absolute Gasteiger partial charge is 0.250 e. The molecule has 3 N–H and O–H groups in total. The molecular formula is C19H19N3O3. The summed E-state index contributed by atoms with van der Waals surface area (Å²) in [4.78, 5) is 23.8. The van der Waals surface area contributed by atoms with Crippen molar-refractivity contribution < 1.29 is 14.3 Å². The van der Waals surface area contributed by atoms with Crippen molar-refractivity contribution in [3.63, 3.8) is 0 Å². The molecule has 1 aromatic heterocycles. The summed E-state index contributed by atoms with van der Waals surface area (Å²) in [5.74, 6) is -0.0153. The fourth-order valence-corrected chi connectivity index (χ4v) is 2.72. The van der Waals surface area contributed by atoms with Crippen molar-refractivity contribution in [2.45, 2.75) is 13.5 Å². The van der Waals surface area contributed by atoms with E-state index in [2.05, 4.69) is 5.32 Å². The molecule has 6 heteroatoms. The van der Waals surface area contributed by atoms with Crippen LogP contribution in [0.1, 0.15) is 17.3 Å². The van der Waals surface area contributed by atoms with Gasteiger partial charge in [-0.15, -0.1) is 0 Å². The van der Waals surface area contributed by atoms with Crippen LogP contribution in [0.3, 0.4) is 0 Å². The maximum atomic E-state index is 12.4. The molecule has 2 aromatic carbocycles. The molecule has 0 bridgehead atoms. The van der Waals surface area contributed by atoms with Gasteiger partial charge in [0.2, 0.25) is 5.91 Å².